The van der Waals surface area contributed by atoms with Gasteiger partial charge in [0.1, 0.15) is 0 Å². The van der Waals surface area contributed by atoms with E-state index in [9.17, 15) is 0 Å². The third-order valence-electron chi connectivity index (χ3n) is 2.69. The minimum atomic E-state index is 0.255. The highest BCUT2D eigenvalue weighted by Gasteiger charge is 2.25. The number of halogens is 1. The van der Waals surface area contributed by atoms with E-state index < -0.39 is 0 Å². The van der Waals surface area contributed by atoms with Crippen molar-refractivity contribution in [2.45, 2.75) is 50.5 Å². The molecular weight excluding hydrogens is 198 g/mol. The highest BCUT2D eigenvalue weighted by atomic mass is 35.5. The Hall–Kier alpha value is 0.210. The quantitative estimate of drug-likeness (QED) is 0.525. The van der Waals surface area contributed by atoms with Crippen LogP contribution in [0.2, 0.25) is 0 Å². The van der Waals surface area contributed by atoms with Crippen LogP contribution in [0.1, 0.15) is 39.0 Å². The summed E-state index contributed by atoms with van der Waals surface area (Å²) in [4.78, 5) is 0. The molecule has 0 aromatic rings. The average Bonchev–Trinajstić information content (AvgIpc) is 2.58. The van der Waals surface area contributed by atoms with Crippen molar-refractivity contribution in [3.05, 3.63) is 0 Å². The number of unbranched alkanes of at least 4 members (excludes halogenated alkanes) is 1. The maximum Gasteiger partial charge on any atom is 0.0739 e. The van der Waals surface area contributed by atoms with Crippen molar-refractivity contribution in [3.8, 4) is 0 Å². The third kappa shape index (κ3) is 4.63. The van der Waals surface area contributed by atoms with Gasteiger partial charge in [-0.15, -0.1) is 11.6 Å². The summed E-state index contributed by atoms with van der Waals surface area (Å²) in [6.45, 7) is 5.07. The van der Waals surface area contributed by atoms with Crippen molar-refractivity contribution >= 4 is 11.6 Å². The molecule has 0 amide bonds. The molecule has 0 aromatic carbocycles. The highest BCUT2D eigenvalue weighted by Crippen LogP contribution is 2.26. The van der Waals surface area contributed by atoms with E-state index in [4.69, 9.17) is 16.3 Å². The van der Waals surface area contributed by atoms with Crippen LogP contribution in [-0.2, 0) is 4.74 Å². The molecule has 1 rings (SSSR count). The van der Waals surface area contributed by atoms with E-state index in [1.54, 1.807) is 0 Å². The van der Waals surface area contributed by atoms with Crippen LogP contribution < -0.4 is 5.32 Å². The lowest BCUT2D eigenvalue weighted by molar-refractivity contribution is 0.0626. The summed E-state index contributed by atoms with van der Waals surface area (Å²) in [5.41, 5.74) is 0. The molecule has 1 unspecified atom stereocenters. The lowest BCUT2D eigenvalue weighted by Gasteiger charge is -2.14. The lowest BCUT2D eigenvalue weighted by atomic mass is 10.3. The summed E-state index contributed by atoms with van der Waals surface area (Å²) in [5, 5.41) is 3.61. The summed E-state index contributed by atoms with van der Waals surface area (Å²) in [6.07, 6.45) is 6.30. The van der Waals surface area contributed by atoms with Gasteiger partial charge in [-0.2, -0.15) is 0 Å². The molecule has 2 nitrogen and oxygen atoms in total. The first-order valence-corrected chi connectivity index (χ1v) is 6.24. The zero-order chi connectivity index (χ0) is 10.2. The molecule has 1 aliphatic rings. The number of ether oxygens (including phenoxy) is 1. The van der Waals surface area contributed by atoms with Crippen LogP contribution in [-0.4, -0.2) is 31.2 Å². The van der Waals surface area contributed by atoms with E-state index in [1.807, 2.05) is 0 Å². The molecule has 0 spiro atoms. The average molecular weight is 220 g/mol. The van der Waals surface area contributed by atoms with Crippen LogP contribution in [0.4, 0.5) is 0 Å². The Labute approximate surface area is 92.3 Å². The maximum absolute atomic E-state index is 6.10. The van der Waals surface area contributed by atoms with Gasteiger partial charge in [0.2, 0.25) is 0 Å². The zero-order valence-corrected chi connectivity index (χ0v) is 9.85. The number of rotatable bonds is 7. The van der Waals surface area contributed by atoms with Gasteiger partial charge < -0.3 is 10.1 Å². The van der Waals surface area contributed by atoms with Gasteiger partial charge in [0, 0.05) is 6.54 Å². The van der Waals surface area contributed by atoms with E-state index in [2.05, 4.69) is 12.2 Å². The number of nitrogens with one attached hydrogen (secondary N) is 1. The van der Waals surface area contributed by atoms with Crippen LogP contribution in [0.3, 0.4) is 0 Å². The smallest absolute Gasteiger partial charge is 0.0739 e. The molecule has 84 valence electrons. The Morgan fingerprint density at radius 3 is 2.86 bits per heavy atom. The van der Waals surface area contributed by atoms with Gasteiger partial charge in [-0.05, 0) is 32.2 Å². The summed E-state index contributed by atoms with van der Waals surface area (Å²) >= 11 is 6.10. The van der Waals surface area contributed by atoms with Crippen LogP contribution in [0, 0.1) is 0 Å². The first kappa shape index (κ1) is 12.3. The Kier molecular flexibility index (Phi) is 6.57. The van der Waals surface area contributed by atoms with E-state index in [1.165, 1.54) is 19.3 Å². The number of hydrogen-bond donors (Lipinski definition) is 1. The molecule has 1 N–H and O–H groups in total. The standard InChI is InChI=1S/C11H22ClNO/c1-2-3-7-13-8-9-14-11-6-4-5-10(11)12/h10-11,13H,2-9H2,1H3/t10-,11?/m0/s1. The molecular formula is C11H22ClNO. The van der Waals surface area contributed by atoms with Crippen molar-refractivity contribution < 1.29 is 4.74 Å². The van der Waals surface area contributed by atoms with E-state index in [0.717, 1.165) is 32.5 Å². The van der Waals surface area contributed by atoms with Crippen molar-refractivity contribution in [1.29, 1.82) is 0 Å². The SMILES string of the molecule is CCCCNCCOC1CCC[C@@H]1Cl. The van der Waals surface area contributed by atoms with E-state index in [-0.39, 0.29) is 5.38 Å². The molecule has 0 saturated heterocycles. The zero-order valence-electron chi connectivity index (χ0n) is 9.10. The number of alkyl halides is 1. The highest BCUT2D eigenvalue weighted by molar-refractivity contribution is 6.21. The topological polar surface area (TPSA) is 21.3 Å². The van der Waals surface area contributed by atoms with Crippen LogP contribution >= 0.6 is 11.6 Å². The van der Waals surface area contributed by atoms with Gasteiger partial charge in [-0.3, -0.25) is 0 Å². The Bertz CT molecular complexity index is 143. The van der Waals surface area contributed by atoms with E-state index >= 15 is 0 Å². The maximum atomic E-state index is 6.10. The second-order valence-electron chi connectivity index (χ2n) is 3.96. The van der Waals surface area contributed by atoms with Gasteiger partial charge in [-0.1, -0.05) is 13.3 Å². The molecule has 0 bridgehead atoms. The number of hydrogen-bond acceptors (Lipinski definition) is 2. The molecule has 14 heavy (non-hydrogen) atoms. The monoisotopic (exact) mass is 219 g/mol. The van der Waals surface area contributed by atoms with Gasteiger partial charge >= 0.3 is 0 Å². The van der Waals surface area contributed by atoms with Crippen molar-refractivity contribution in [2.75, 3.05) is 19.7 Å². The Morgan fingerprint density at radius 2 is 2.21 bits per heavy atom. The van der Waals surface area contributed by atoms with Gasteiger partial charge in [0.05, 0.1) is 18.1 Å². The molecule has 0 heterocycles. The first-order chi connectivity index (χ1) is 6.84. The largest absolute Gasteiger partial charge is 0.375 e. The summed E-state index contributed by atoms with van der Waals surface area (Å²) < 4.78 is 5.70. The van der Waals surface area contributed by atoms with Crippen molar-refractivity contribution in [1.82, 2.24) is 5.32 Å². The van der Waals surface area contributed by atoms with Crippen LogP contribution in [0.5, 0.6) is 0 Å². The molecule has 3 heteroatoms. The van der Waals surface area contributed by atoms with Crippen LogP contribution in [0.15, 0.2) is 0 Å². The fraction of sp³-hybridized carbons (Fsp3) is 1.00. The van der Waals surface area contributed by atoms with Gasteiger partial charge in [0.15, 0.2) is 0 Å². The molecule has 1 aliphatic carbocycles. The predicted octanol–water partition coefficient (Wildman–Crippen LogP) is 2.55. The molecule has 1 fully saturated rings. The second-order valence-corrected chi connectivity index (χ2v) is 4.52. The lowest BCUT2D eigenvalue weighted by Crippen LogP contribution is -2.26. The second kappa shape index (κ2) is 7.49. The third-order valence-corrected chi connectivity index (χ3v) is 3.19. The fourth-order valence-corrected chi connectivity index (χ4v) is 2.13. The van der Waals surface area contributed by atoms with Crippen molar-refractivity contribution in [3.63, 3.8) is 0 Å². The van der Waals surface area contributed by atoms with Gasteiger partial charge in [0.25, 0.3) is 0 Å². The fourth-order valence-electron chi connectivity index (χ4n) is 1.78. The normalized spacial score (nSPS) is 27.0. The minimum absolute atomic E-state index is 0.255. The molecule has 0 aliphatic heterocycles. The molecule has 0 aromatic heterocycles. The van der Waals surface area contributed by atoms with Crippen LogP contribution in [0.25, 0.3) is 0 Å². The van der Waals surface area contributed by atoms with Gasteiger partial charge in [-0.25, -0.2) is 0 Å². The molecule has 2 atom stereocenters. The first-order valence-electron chi connectivity index (χ1n) is 5.81. The molecule has 1 saturated carbocycles. The minimum Gasteiger partial charge on any atom is -0.375 e. The summed E-state index contributed by atoms with van der Waals surface area (Å²) in [5.74, 6) is 0. The molecule has 0 radical (unpaired) electrons. The Morgan fingerprint density at radius 1 is 1.36 bits per heavy atom. The predicted molar refractivity (Wildman–Crippen MR) is 61.0 cm³/mol. The van der Waals surface area contributed by atoms with E-state index in [0.29, 0.717) is 6.10 Å². The summed E-state index contributed by atoms with van der Waals surface area (Å²) in [6, 6.07) is 0. The van der Waals surface area contributed by atoms with Crippen molar-refractivity contribution in [2.24, 2.45) is 0 Å². The summed E-state index contributed by atoms with van der Waals surface area (Å²) in [7, 11) is 0. The Balaban J connectivity index is 1.88.